The predicted octanol–water partition coefficient (Wildman–Crippen LogP) is 3.32. The predicted molar refractivity (Wildman–Crippen MR) is 104 cm³/mol. The van der Waals surface area contributed by atoms with Crippen LogP contribution in [-0.4, -0.2) is 30.6 Å². The van der Waals surface area contributed by atoms with Gasteiger partial charge in [0.05, 0.1) is 6.54 Å². The maximum absolute atomic E-state index is 12.8. The summed E-state index contributed by atoms with van der Waals surface area (Å²) in [7, 11) is 0. The van der Waals surface area contributed by atoms with Crippen molar-refractivity contribution in [1.29, 1.82) is 0 Å². The summed E-state index contributed by atoms with van der Waals surface area (Å²) in [5.41, 5.74) is 2.90. The van der Waals surface area contributed by atoms with Gasteiger partial charge in [-0.15, -0.1) is 6.58 Å². The highest BCUT2D eigenvalue weighted by Gasteiger charge is 2.22. The fourth-order valence-corrected chi connectivity index (χ4v) is 3.95. The summed E-state index contributed by atoms with van der Waals surface area (Å²) >= 11 is 1.45. The molecule has 7 heteroatoms. The zero-order chi connectivity index (χ0) is 18.3. The third kappa shape index (κ3) is 2.67. The Labute approximate surface area is 156 Å². The molecule has 3 aromatic rings. The van der Waals surface area contributed by atoms with E-state index in [9.17, 15) is 4.79 Å². The minimum Gasteiger partial charge on any atom is -0.267 e. The van der Waals surface area contributed by atoms with E-state index < -0.39 is 0 Å². The molecule has 0 amide bonds. The monoisotopic (exact) mass is 367 g/mol. The zero-order valence-corrected chi connectivity index (χ0v) is 15.8. The van der Waals surface area contributed by atoms with Crippen molar-refractivity contribution in [2.24, 2.45) is 0 Å². The molecule has 26 heavy (non-hydrogen) atoms. The molecule has 0 N–H and O–H groups in total. The second-order valence-electron chi connectivity index (χ2n) is 6.59. The first kappa shape index (κ1) is 17.0. The van der Waals surface area contributed by atoms with Crippen molar-refractivity contribution in [3.05, 3.63) is 52.6 Å². The second kappa shape index (κ2) is 6.72. The van der Waals surface area contributed by atoms with Gasteiger partial charge in [-0.25, -0.2) is 24.3 Å². The van der Waals surface area contributed by atoms with Gasteiger partial charge in [0.2, 0.25) is 0 Å². The summed E-state index contributed by atoms with van der Waals surface area (Å²) in [5.74, 6) is 1.15. The summed E-state index contributed by atoms with van der Waals surface area (Å²) in [6.45, 7) is 6.39. The molecule has 134 valence electrons. The quantitative estimate of drug-likeness (QED) is 0.402. The molecular formula is C19H21N5OS. The average Bonchev–Trinajstić information content (AvgIpc) is 2.94. The Morgan fingerprint density at radius 2 is 2.23 bits per heavy atom. The van der Waals surface area contributed by atoms with Crippen LogP contribution < -0.4 is 5.56 Å². The number of pyridine rings is 1. The van der Waals surface area contributed by atoms with Crippen molar-refractivity contribution in [3.8, 4) is 5.82 Å². The highest BCUT2D eigenvalue weighted by Crippen LogP contribution is 2.30. The molecule has 1 aliphatic rings. The molecular weight excluding hydrogens is 346 g/mol. The topological polar surface area (TPSA) is 65.6 Å². The summed E-state index contributed by atoms with van der Waals surface area (Å²) in [6.07, 6.45) is 8.65. The summed E-state index contributed by atoms with van der Waals surface area (Å²) < 4.78 is 3.43. The van der Waals surface area contributed by atoms with Crippen LogP contribution >= 0.6 is 11.8 Å². The summed E-state index contributed by atoms with van der Waals surface area (Å²) in [5, 5.41) is 1.13. The lowest BCUT2D eigenvalue weighted by Gasteiger charge is -2.22. The van der Waals surface area contributed by atoms with Gasteiger partial charge < -0.3 is 0 Å². The highest BCUT2D eigenvalue weighted by molar-refractivity contribution is 7.98. The number of hydrogen-bond donors (Lipinski definition) is 0. The molecule has 0 bridgehead atoms. The van der Waals surface area contributed by atoms with Crippen LogP contribution in [0.25, 0.3) is 16.9 Å². The first-order chi connectivity index (χ1) is 12.6. The molecule has 0 saturated carbocycles. The fourth-order valence-electron chi connectivity index (χ4n) is 3.62. The molecule has 1 unspecified atom stereocenters. The van der Waals surface area contributed by atoms with Crippen molar-refractivity contribution in [3.63, 3.8) is 0 Å². The Balaban J connectivity index is 2.01. The fraction of sp³-hybridized carbons (Fsp3) is 0.368. The van der Waals surface area contributed by atoms with E-state index in [1.165, 1.54) is 23.7 Å². The minimum atomic E-state index is -0.125. The van der Waals surface area contributed by atoms with E-state index in [1.54, 1.807) is 17.0 Å². The zero-order valence-electron chi connectivity index (χ0n) is 15.0. The normalized spacial score (nSPS) is 16.6. The minimum absolute atomic E-state index is 0.125. The second-order valence-corrected chi connectivity index (χ2v) is 7.36. The van der Waals surface area contributed by atoms with E-state index in [2.05, 4.69) is 29.5 Å². The lowest BCUT2D eigenvalue weighted by Crippen LogP contribution is -2.23. The van der Waals surface area contributed by atoms with E-state index in [4.69, 9.17) is 4.98 Å². The molecule has 6 nitrogen and oxygen atoms in total. The molecule has 0 spiro atoms. The van der Waals surface area contributed by atoms with Gasteiger partial charge in [-0.3, -0.25) is 4.79 Å². The molecule has 1 aliphatic carbocycles. The van der Waals surface area contributed by atoms with E-state index in [1.807, 2.05) is 17.0 Å². The van der Waals surface area contributed by atoms with Crippen LogP contribution in [0.3, 0.4) is 0 Å². The molecule has 0 saturated heterocycles. The molecule has 0 aliphatic heterocycles. The number of allylic oxidation sites excluding steroid dienone is 1. The van der Waals surface area contributed by atoms with Crippen molar-refractivity contribution in [2.75, 3.05) is 6.26 Å². The van der Waals surface area contributed by atoms with E-state index in [-0.39, 0.29) is 5.56 Å². The largest absolute Gasteiger partial charge is 0.278 e. The smallest absolute Gasteiger partial charge is 0.267 e. The third-order valence-corrected chi connectivity index (χ3v) is 5.46. The van der Waals surface area contributed by atoms with Gasteiger partial charge in [-0.1, -0.05) is 30.8 Å². The van der Waals surface area contributed by atoms with Gasteiger partial charge in [0.1, 0.15) is 5.39 Å². The average molecular weight is 367 g/mol. The molecule has 0 fully saturated rings. The first-order valence-corrected chi connectivity index (χ1v) is 10.00. The Bertz CT molecular complexity index is 1050. The molecule has 1 atom stereocenters. The van der Waals surface area contributed by atoms with Gasteiger partial charge in [-0.2, -0.15) is 0 Å². The number of nitrogens with zero attached hydrogens (tertiary/aromatic N) is 5. The van der Waals surface area contributed by atoms with Crippen LogP contribution in [0, 0.1) is 0 Å². The molecule has 4 rings (SSSR count). The first-order valence-electron chi connectivity index (χ1n) is 8.77. The Morgan fingerprint density at radius 3 is 3.00 bits per heavy atom. The highest BCUT2D eigenvalue weighted by atomic mass is 32.2. The Kier molecular flexibility index (Phi) is 4.40. The lowest BCUT2D eigenvalue weighted by molar-refractivity contribution is 0.558. The maximum Gasteiger partial charge on any atom is 0.278 e. The van der Waals surface area contributed by atoms with Gasteiger partial charge >= 0.3 is 0 Å². The van der Waals surface area contributed by atoms with Crippen molar-refractivity contribution < 1.29 is 0 Å². The van der Waals surface area contributed by atoms with Crippen LogP contribution in [0.1, 0.15) is 36.9 Å². The van der Waals surface area contributed by atoms with Crippen molar-refractivity contribution in [1.82, 2.24) is 24.3 Å². The summed E-state index contributed by atoms with van der Waals surface area (Å²) in [4.78, 5) is 26.6. The number of thioether (sulfide) groups is 1. The number of rotatable bonds is 4. The third-order valence-electron chi connectivity index (χ3n) is 4.90. The standard InChI is InChI=1S/C19H21N5OS/c1-4-10-23-18(25)14-11-20-19(26-3)22-17(14)24(23)15-9-8-13-7-5-6-12(2)16(13)21-15/h4,8-9,11-12H,1,5-7,10H2,2-3H3. The van der Waals surface area contributed by atoms with E-state index >= 15 is 0 Å². The number of hydrogen-bond acceptors (Lipinski definition) is 5. The Hall–Kier alpha value is -2.41. The Morgan fingerprint density at radius 1 is 1.38 bits per heavy atom. The van der Waals surface area contributed by atoms with Crippen LogP contribution in [-0.2, 0) is 13.0 Å². The van der Waals surface area contributed by atoms with Gasteiger partial charge in [0.15, 0.2) is 16.6 Å². The van der Waals surface area contributed by atoms with Crippen LogP contribution in [0.15, 0.2) is 40.9 Å². The van der Waals surface area contributed by atoms with Gasteiger partial charge in [-0.05, 0) is 43.1 Å². The van der Waals surface area contributed by atoms with Gasteiger partial charge in [0.25, 0.3) is 5.56 Å². The number of aryl methyl sites for hydroxylation is 1. The maximum atomic E-state index is 12.8. The van der Waals surface area contributed by atoms with Crippen LogP contribution in [0.4, 0.5) is 0 Å². The summed E-state index contributed by atoms with van der Waals surface area (Å²) in [6, 6.07) is 4.12. The molecule has 3 aromatic heterocycles. The SMILES string of the molecule is C=CCn1c(=O)c2cnc(SC)nc2n1-c1ccc2c(n1)C(C)CCC2. The van der Waals surface area contributed by atoms with Crippen LogP contribution in [0.5, 0.6) is 0 Å². The van der Waals surface area contributed by atoms with Crippen LogP contribution in [0.2, 0.25) is 0 Å². The number of aromatic nitrogens is 5. The molecule has 0 aromatic carbocycles. The van der Waals surface area contributed by atoms with E-state index in [0.717, 1.165) is 24.4 Å². The van der Waals surface area contributed by atoms with E-state index in [0.29, 0.717) is 28.7 Å². The van der Waals surface area contributed by atoms with Crippen molar-refractivity contribution in [2.45, 2.75) is 43.8 Å². The molecule has 0 radical (unpaired) electrons. The van der Waals surface area contributed by atoms with Gasteiger partial charge in [0, 0.05) is 11.9 Å². The van der Waals surface area contributed by atoms with Crippen molar-refractivity contribution >= 4 is 22.8 Å². The molecule has 3 heterocycles. The number of fused-ring (bicyclic) bond motifs is 2. The lowest BCUT2D eigenvalue weighted by atomic mass is 9.88.